The van der Waals surface area contributed by atoms with Gasteiger partial charge in [-0.25, -0.2) is 0 Å². The van der Waals surface area contributed by atoms with Crippen LogP contribution < -0.4 is 5.32 Å². The van der Waals surface area contributed by atoms with Gasteiger partial charge in [-0.15, -0.1) is 0 Å². The zero-order chi connectivity index (χ0) is 13.4. The topological polar surface area (TPSA) is 24.5 Å². The third kappa shape index (κ3) is 7.34. The Morgan fingerprint density at radius 2 is 2.06 bits per heavy atom. The standard InChI is InChI=1S/C15H32N2O/c1-15(2,3)7-8-16-9-11-17-10-5-6-14(12-17)13-18-4/h14,16H,5-13H2,1-4H3. The van der Waals surface area contributed by atoms with Crippen molar-refractivity contribution in [2.45, 2.75) is 40.0 Å². The summed E-state index contributed by atoms with van der Waals surface area (Å²) in [6.45, 7) is 13.8. The molecule has 108 valence electrons. The molecular formula is C15H32N2O. The van der Waals surface area contributed by atoms with Gasteiger partial charge in [0.15, 0.2) is 0 Å². The Balaban J connectivity index is 2.04. The molecule has 3 nitrogen and oxygen atoms in total. The third-order valence-electron chi connectivity index (χ3n) is 3.66. The Morgan fingerprint density at radius 3 is 2.72 bits per heavy atom. The molecule has 1 rings (SSSR count). The summed E-state index contributed by atoms with van der Waals surface area (Å²) in [5.41, 5.74) is 0.446. The lowest BCUT2D eigenvalue weighted by Gasteiger charge is -2.32. The maximum Gasteiger partial charge on any atom is 0.0502 e. The van der Waals surface area contributed by atoms with Gasteiger partial charge >= 0.3 is 0 Å². The van der Waals surface area contributed by atoms with Crippen molar-refractivity contribution in [2.24, 2.45) is 11.3 Å². The highest BCUT2D eigenvalue weighted by Crippen LogP contribution is 2.17. The molecule has 1 aliphatic rings. The minimum absolute atomic E-state index is 0.446. The normalized spacial score (nSPS) is 22.3. The lowest BCUT2D eigenvalue weighted by Crippen LogP contribution is -2.41. The second-order valence-corrected chi connectivity index (χ2v) is 6.82. The van der Waals surface area contributed by atoms with Crippen molar-refractivity contribution in [1.82, 2.24) is 10.2 Å². The van der Waals surface area contributed by atoms with E-state index >= 15 is 0 Å². The van der Waals surface area contributed by atoms with Gasteiger partial charge in [-0.3, -0.25) is 0 Å². The molecule has 0 spiro atoms. The number of rotatable bonds is 7. The van der Waals surface area contributed by atoms with E-state index in [0.717, 1.165) is 25.6 Å². The van der Waals surface area contributed by atoms with E-state index < -0.39 is 0 Å². The van der Waals surface area contributed by atoms with Crippen molar-refractivity contribution in [1.29, 1.82) is 0 Å². The molecule has 0 aromatic carbocycles. The fourth-order valence-corrected chi connectivity index (χ4v) is 2.55. The molecule has 0 aromatic heterocycles. The summed E-state index contributed by atoms with van der Waals surface area (Å²) in [6.07, 6.45) is 3.91. The third-order valence-corrected chi connectivity index (χ3v) is 3.66. The van der Waals surface area contributed by atoms with Crippen LogP contribution in [0.4, 0.5) is 0 Å². The van der Waals surface area contributed by atoms with Gasteiger partial charge in [-0.1, -0.05) is 20.8 Å². The predicted octanol–water partition coefficient (Wildman–Crippen LogP) is 2.37. The van der Waals surface area contributed by atoms with E-state index in [1.165, 1.54) is 38.9 Å². The summed E-state index contributed by atoms with van der Waals surface area (Å²) in [6, 6.07) is 0. The van der Waals surface area contributed by atoms with Crippen LogP contribution in [0, 0.1) is 11.3 Å². The van der Waals surface area contributed by atoms with Crippen molar-refractivity contribution >= 4 is 0 Å². The number of nitrogens with zero attached hydrogens (tertiary/aromatic N) is 1. The van der Waals surface area contributed by atoms with E-state index in [1.807, 2.05) is 7.11 Å². The molecule has 1 unspecified atom stereocenters. The number of nitrogens with one attached hydrogen (secondary N) is 1. The van der Waals surface area contributed by atoms with Gasteiger partial charge in [0, 0.05) is 26.7 Å². The van der Waals surface area contributed by atoms with Gasteiger partial charge in [-0.2, -0.15) is 0 Å². The van der Waals surface area contributed by atoms with Crippen LogP contribution in [-0.4, -0.2) is 51.3 Å². The molecule has 1 heterocycles. The zero-order valence-corrected chi connectivity index (χ0v) is 12.8. The van der Waals surface area contributed by atoms with Crippen LogP contribution >= 0.6 is 0 Å². The Hall–Kier alpha value is -0.120. The van der Waals surface area contributed by atoms with E-state index in [0.29, 0.717) is 5.41 Å². The van der Waals surface area contributed by atoms with E-state index in [-0.39, 0.29) is 0 Å². The van der Waals surface area contributed by atoms with Gasteiger partial charge in [0.1, 0.15) is 0 Å². The molecule has 1 atom stereocenters. The highest BCUT2D eigenvalue weighted by molar-refractivity contribution is 4.73. The van der Waals surface area contributed by atoms with Crippen molar-refractivity contribution in [3.63, 3.8) is 0 Å². The van der Waals surface area contributed by atoms with Gasteiger partial charge < -0.3 is 15.0 Å². The number of likely N-dealkylation sites (tertiary alicyclic amines) is 1. The monoisotopic (exact) mass is 256 g/mol. The zero-order valence-electron chi connectivity index (χ0n) is 12.8. The van der Waals surface area contributed by atoms with Crippen LogP contribution in [0.3, 0.4) is 0 Å². The summed E-state index contributed by atoms with van der Waals surface area (Å²) in [4.78, 5) is 2.58. The molecule has 18 heavy (non-hydrogen) atoms. The smallest absolute Gasteiger partial charge is 0.0502 e. The molecule has 1 fully saturated rings. The lowest BCUT2D eigenvalue weighted by atomic mass is 9.92. The molecule has 0 aliphatic carbocycles. The van der Waals surface area contributed by atoms with Crippen LogP contribution in [0.25, 0.3) is 0 Å². The summed E-state index contributed by atoms with van der Waals surface area (Å²) in [5, 5.41) is 3.56. The van der Waals surface area contributed by atoms with Gasteiger partial charge in [0.2, 0.25) is 0 Å². The quantitative estimate of drug-likeness (QED) is 0.708. The highest BCUT2D eigenvalue weighted by atomic mass is 16.5. The molecule has 1 aliphatic heterocycles. The van der Waals surface area contributed by atoms with E-state index in [2.05, 4.69) is 31.0 Å². The maximum absolute atomic E-state index is 5.27. The summed E-state index contributed by atoms with van der Waals surface area (Å²) >= 11 is 0. The summed E-state index contributed by atoms with van der Waals surface area (Å²) in [7, 11) is 1.81. The molecule has 3 heteroatoms. The number of methoxy groups -OCH3 is 1. The van der Waals surface area contributed by atoms with E-state index in [9.17, 15) is 0 Å². The van der Waals surface area contributed by atoms with Crippen LogP contribution in [0.15, 0.2) is 0 Å². The SMILES string of the molecule is COCC1CCCN(CCNCCC(C)(C)C)C1. The Labute approximate surface area is 113 Å². The van der Waals surface area contributed by atoms with Crippen molar-refractivity contribution in [2.75, 3.05) is 46.4 Å². The Bertz CT molecular complexity index is 211. The fraction of sp³-hybridized carbons (Fsp3) is 1.00. The molecule has 0 bridgehead atoms. The maximum atomic E-state index is 5.27. The average Bonchev–Trinajstić information content (AvgIpc) is 2.28. The first-order chi connectivity index (χ1) is 8.51. The number of piperidine rings is 1. The number of ether oxygens (including phenoxy) is 1. The van der Waals surface area contributed by atoms with Crippen molar-refractivity contribution in [3.05, 3.63) is 0 Å². The average molecular weight is 256 g/mol. The number of hydrogen-bond donors (Lipinski definition) is 1. The van der Waals surface area contributed by atoms with Crippen molar-refractivity contribution < 1.29 is 4.74 Å². The Kier molecular flexibility index (Phi) is 7.20. The van der Waals surface area contributed by atoms with E-state index in [4.69, 9.17) is 4.74 Å². The summed E-state index contributed by atoms with van der Waals surface area (Å²) in [5.74, 6) is 0.748. The molecule has 1 N–H and O–H groups in total. The van der Waals surface area contributed by atoms with Gasteiger partial charge in [0.05, 0.1) is 6.61 Å². The van der Waals surface area contributed by atoms with Crippen LogP contribution in [0.5, 0.6) is 0 Å². The summed E-state index contributed by atoms with van der Waals surface area (Å²) < 4.78 is 5.27. The predicted molar refractivity (Wildman–Crippen MR) is 78.0 cm³/mol. The first-order valence-corrected chi connectivity index (χ1v) is 7.43. The molecular weight excluding hydrogens is 224 g/mol. The van der Waals surface area contributed by atoms with Crippen LogP contribution in [0.1, 0.15) is 40.0 Å². The van der Waals surface area contributed by atoms with Gasteiger partial charge in [0.25, 0.3) is 0 Å². The lowest BCUT2D eigenvalue weighted by molar-refractivity contribution is 0.0910. The molecule has 0 amide bonds. The molecule has 1 saturated heterocycles. The second kappa shape index (κ2) is 8.13. The minimum Gasteiger partial charge on any atom is -0.384 e. The fourth-order valence-electron chi connectivity index (χ4n) is 2.55. The molecule has 0 aromatic rings. The first-order valence-electron chi connectivity index (χ1n) is 7.43. The molecule has 0 radical (unpaired) electrons. The van der Waals surface area contributed by atoms with Gasteiger partial charge in [-0.05, 0) is 43.7 Å². The van der Waals surface area contributed by atoms with Crippen molar-refractivity contribution in [3.8, 4) is 0 Å². The minimum atomic E-state index is 0.446. The number of hydrogen-bond acceptors (Lipinski definition) is 3. The highest BCUT2D eigenvalue weighted by Gasteiger charge is 2.19. The first kappa shape index (κ1) is 15.9. The largest absolute Gasteiger partial charge is 0.384 e. The molecule has 0 saturated carbocycles. The van der Waals surface area contributed by atoms with Crippen LogP contribution in [0.2, 0.25) is 0 Å². The second-order valence-electron chi connectivity index (χ2n) is 6.82. The van der Waals surface area contributed by atoms with Crippen LogP contribution in [-0.2, 0) is 4.74 Å². The van der Waals surface area contributed by atoms with E-state index in [1.54, 1.807) is 0 Å². The Morgan fingerprint density at radius 1 is 1.28 bits per heavy atom.